The molecule has 0 bridgehead atoms. The first-order valence-electron chi connectivity index (χ1n) is 9.02. The summed E-state index contributed by atoms with van der Waals surface area (Å²) in [6.07, 6.45) is 4.20. The van der Waals surface area contributed by atoms with Crippen molar-refractivity contribution in [1.29, 1.82) is 0 Å². The van der Waals surface area contributed by atoms with Gasteiger partial charge < -0.3 is 0 Å². The van der Waals surface area contributed by atoms with Crippen LogP contribution in [0.1, 0.15) is 42.6 Å². The molecule has 1 aromatic carbocycles. The highest BCUT2D eigenvalue weighted by molar-refractivity contribution is 6.31. The van der Waals surface area contributed by atoms with Crippen LogP contribution in [0.3, 0.4) is 0 Å². The van der Waals surface area contributed by atoms with E-state index in [1.807, 2.05) is 43.5 Å². The van der Waals surface area contributed by atoms with E-state index in [2.05, 4.69) is 17.9 Å². The van der Waals surface area contributed by atoms with E-state index in [4.69, 9.17) is 16.6 Å². The van der Waals surface area contributed by atoms with Crippen LogP contribution in [0.2, 0.25) is 5.02 Å². The number of benzene rings is 1. The minimum atomic E-state index is -0.0326. The second kappa shape index (κ2) is 6.86. The van der Waals surface area contributed by atoms with E-state index < -0.39 is 0 Å². The number of halogens is 1. The lowest BCUT2D eigenvalue weighted by molar-refractivity contribution is 0.188. The minimum Gasteiger partial charge on any atom is -0.288 e. The van der Waals surface area contributed by atoms with E-state index in [1.165, 1.54) is 12.8 Å². The summed E-state index contributed by atoms with van der Waals surface area (Å²) < 4.78 is 1.61. The molecule has 1 saturated carbocycles. The summed E-state index contributed by atoms with van der Waals surface area (Å²) in [5.74, 6) is 0. The SMILES string of the molecule is Cc1ccc2nc(CN(C3CC3)[C@@H](C)c3ccccc3Cl)cc(=O)n2c1. The average Bonchev–Trinajstić information content (AvgIpc) is 3.45. The van der Waals surface area contributed by atoms with Gasteiger partial charge in [0.25, 0.3) is 5.56 Å². The van der Waals surface area contributed by atoms with Gasteiger partial charge in [0.05, 0.1) is 5.69 Å². The van der Waals surface area contributed by atoms with Crippen molar-refractivity contribution in [1.82, 2.24) is 14.3 Å². The van der Waals surface area contributed by atoms with E-state index >= 15 is 0 Å². The van der Waals surface area contributed by atoms with Crippen molar-refractivity contribution in [2.45, 2.75) is 45.3 Å². The van der Waals surface area contributed by atoms with E-state index in [0.717, 1.165) is 21.8 Å². The maximum Gasteiger partial charge on any atom is 0.258 e. The number of hydrogen-bond acceptors (Lipinski definition) is 3. The molecule has 1 aliphatic rings. The van der Waals surface area contributed by atoms with Crippen LogP contribution in [0, 0.1) is 6.92 Å². The second-order valence-corrected chi connectivity index (χ2v) is 7.53. The van der Waals surface area contributed by atoms with Crippen LogP contribution in [-0.4, -0.2) is 20.3 Å². The first kappa shape index (κ1) is 17.3. The molecular formula is C21H22ClN3O. The molecule has 0 aliphatic heterocycles. The van der Waals surface area contributed by atoms with Crippen molar-refractivity contribution in [2.24, 2.45) is 0 Å². The Morgan fingerprint density at radius 2 is 2.04 bits per heavy atom. The zero-order valence-corrected chi connectivity index (χ0v) is 15.8. The van der Waals surface area contributed by atoms with Crippen molar-refractivity contribution >= 4 is 17.2 Å². The van der Waals surface area contributed by atoms with Gasteiger partial charge in [-0.3, -0.25) is 14.1 Å². The van der Waals surface area contributed by atoms with E-state index in [1.54, 1.807) is 10.5 Å². The molecule has 0 saturated heterocycles. The molecule has 1 fully saturated rings. The Balaban J connectivity index is 1.67. The van der Waals surface area contributed by atoms with Gasteiger partial charge in [0, 0.05) is 35.9 Å². The lowest BCUT2D eigenvalue weighted by Crippen LogP contribution is -2.30. The first-order chi connectivity index (χ1) is 12.5. The van der Waals surface area contributed by atoms with Gasteiger partial charge in [0.1, 0.15) is 5.65 Å². The molecule has 134 valence electrons. The summed E-state index contributed by atoms with van der Waals surface area (Å²) in [4.78, 5) is 19.6. The summed E-state index contributed by atoms with van der Waals surface area (Å²) in [5, 5.41) is 0.785. The number of rotatable bonds is 5. The summed E-state index contributed by atoms with van der Waals surface area (Å²) in [6.45, 7) is 4.80. The van der Waals surface area contributed by atoms with Gasteiger partial charge in [-0.1, -0.05) is 35.9 Å². The van der Waals surface area contributed by atoms with Crippen LogP contribution < -0.4 is 5.56 Å². The van der Waals surface area contributed by atoms with Crippen LogP contribution in [0.4, 0.5) is 0 Å². The smallest absolute Gasteiger partial charge is 0.258 e. The molecule has 0 amide bonds. The molecule has 1 atom stereocenters. The van der Waals surface area contributed by atoms with Gasteiger partial charge in [-0.2, -0.15) is 0 Å². The summed E-state index contributed by atoms with van der Waals surface area (Å²) in [6, 6.07) is 14.2. The maximum absolute atomic E-state index is 12.5. The number of aryl methyl sites for hydroxylation is 1. The molecule has 4 rings (SSSR count). The fourth-order valence-corrected chi connectivity index (χ4v) is 3.80. The van der Waals surface area contributed by atoms with Gasteiger partial charge >= 0.3 is 0 Å². The zero-order valence-electron chi connectivity index (χ0n) is 15.0. The third-order valence-corrected chi connectivity index (χ3v) is 5.42. The number of hydrogen-bond donors (Lipinski definition) is 0. The lowest BCUT2D eigenvalue weighted by Gasteiger charge is -2.29. The molecule has 2 aromatic heterocycles. The number of aromatic nitrogens is 2. The molecule has 0 N–H and O–H groups in total. The molecule has 0 unspecified atom stereocenters. The Bertz CT molecular complexity index is 1010. The van der Waals surface area contributed by atoms with Crippen LogP contribution in [0.5, 0.6) is 0 Å². The molecule has 1 aliphatic carbocycles. The fourth-order valence-electron chi connectivity index (χ4n) is 3.51. The summed E-state index contributed by atoms with van der Waals surface area (Å²) in [7, 11) is 0. The number of pyridine rings is 1. The van der Waals surface area contributed by atoms with Crippen molar-refractivity contribution in [2.75, 3.05) is 0 Å². The molecule has 0 spiro atoms. The third kappa shape index (κ3) is 3.39. The van der Waals surface area contributed by atoms with Crippen molar-refractivity contribution < 1.29 is 0 Å². The zero-order chi connectivity index (χ0) is 18.3. The Labute approximate surface area is 158 Å². The van der Waals surface area contributed by atoms with Gasteiger partial charge in [-0.15, -0.1) is 0 Å². The first-order valence-corrected chi connectivity index (χ1v) is 9.40. The van der Waals surface area contributed by atoms with Gasteiger partial charge in [-0.05, 0) is 49.9 Å². The minimum absolute atomic E-state index is 0.0326. The summed E-state index contributed by atoms with van der Waals surface area (Å²) >= 11 is 6.41. The highest BCUT2D eigenvalue weighted by Crippen LogP contribution is 2.37. The fraction of sp³-hybridized carbons (Fsp3) is 0.333. The van der Waals surface area contributed by atoms with E-state index in [9.17, 15) is 4.79 Å². The van der Waals surface area contributed by atoms with Crippen LogP contribution >= 0.6 is 11.6 Å². The Morgan fingerprint density at radius 1 is 1.27 bits per heavy atom. The van der Waals surface area contributed by atoms with Gasteiger partial charge in [0.15, 0.2) is 0 Å². The molecule has 0 radical (unpaired) electrons. The number of nitrogens with zero attached hydrogens (tertiary/aromatic N) is 3. The normalized spacial score (nSPS) is 15.5. The van der Waals surface area contributed by atoms with Crippen LogP contribution in [-0.2, 0) is 6.54 Å². The molecule has 26 heavy (non-hydrogen) atoms. The summed E-state index contributed by atoms with van der Waals surface area (Å²) in [5.41, 5.74) is 3.63. The Morgan fingerprint density at radius 3 is 2.77 bits per heavy atom. The molecule has 4 nitrogen and oxygen atoms in total. The van der Waals surface area contributed by atoms with Crippen molar-refractivity contribution in [3.63, 3.8) is 0 Å². The van der Waals surface area contributed by atoms with E-state index in [-0.39, 0.29) is 11.6 Å². The van der Waals surface area contributed by atoms with E-state index in [0.29, 0.717) is 18.2 Å². The largest absolute Gasteiger partial charge is 0.288 e. The van der Waals surface area contributed by atoms with Gasteiger partial charge in [0.2, 0.25) is 0 Å². The van der Waals surface area contributed by atoms with Gasteiger partial charge in [-0.25, -0.2) is 4.98 Å². The standard InChI is InChI=1S/C21H22ClN3O/c1-14-7-10-20-23-16(11-21(26)25(20)12-14)13-24(17-8-9-17)15(2)18-5-3-4-6-19(18)22/h3-7,10-12,15,17H,8-9,13H2,1-2H3/t15-/m0/s1. The number of fused-ring (bicyclic) bond motifs is 1. The predicted octanol–water partition coefficient (Wildman–Crippen LogP) is 4.38. The quantitative estimate of drug-likeness (QED) is 0.671. The molecular weight excluding hydrogens is 346 g/mol. The van der Waals surface area contributed by atoms with Crippen LogP contribution in [0.15, 0.2) is 53.5 Å². The lowest BCUT2D eigenvalue weighted by atomic mass is 10.1. The van der Waals surface area contributed by atoms with Crippen molar-refractivity contribution in [3.05, 3.63) is 80.9 Å². The predicted molar refractivity (Wildman–Crippen MR) is 105 cm³/mol. The Hall–Kier alpha value is -2.17. The topological polar surface area (TPSA) is 37.6 Å². The Kier molecular flexibility index (Phi) is 4.55. The van der Waals surface area contributed by atoms with Crippen molar-refractivity contribution in [3.8, 4) is 0 Å². The molecule has 5 heteroatoms. The highest BCUT2D eigenvalue weighted by Gasteiger charge is 2.33. The monoisotopic (exact) mass is 367 g/mol. The average molecular weight is 368 g/mol. The maximum atomic E-state index is 12.5. The molecule has 2 heterocycles. The second-order valence-electron chi connectivity index (χ2n) is 7.12. The molecule has 3 aromatic rings. The highest BCUT2D eigenvalue weighted by atomic mass is 35.5. The third-order valence-electron chi connectivity index (χ3n) is 5.07. The van der Waals surface area contributed by atoms with Crippen LogP contribution in [0.25, 0.3) is 5.65 Å².